The molecule has 1 unspecified atom stereocenters. The van der Waals surface area contributed by atoms with Crippen LogP contribution in [0.5, 0.6) is 0 Å². The topological polar surface area (TPSA) is 66.4 Å². The van der Waals surface area contributed by atoms with Crippen molar-refractivity contribution in [3.05, 3.63) is 35.9 Å². The second kappa shape index (κ2) is 6.36. The summed E-state index contributed by atoms with van der Waals surface area (Å²) in [6.45, 7) is 5.54. The van der Waals surface area contributed by atoms with Crippen molar-refractivity contribution in [3.8, 4) is 0 Å². The van der Waals surface area contributed by atoms with E-state index < -0.39 is 11.4 Å². The van der Waals surface area contributed by atoms with Crippen molar-refractivity contribution in [2.45, 2.75) is 45.1 Å². The molecule has 0 saturated carbocycles. The van der Waals surface area contributed by atoms with Gasteiger partial charge >= 0.3 is 5.97 Å². The van der Waals surface area contributed by atoms with E-state index in [2.05, 4.69) is 5.32 Å². The van der Waals surface area contributed by atoms with Crippen molar-refractivity contribution in [2.24, 2.45) is 0 Å². The van der Waals surface area contributed by atoms with Crippen molar-refractivity contribution in [1.29, 1.82) is 0 Å². The lowest BCUT2D eigenvalue weighted by Gasteiger charge is -2.27. The van der Waals surface area contributed by atoms with Crippen LogP contribution in [-0.4, -0.2) is 23.0 Å². The molecule has 1 aromatic rings. The maximum absolute atomic E-state index is 12.3. The quantitative estimate of drug-likeness (QED) is 0.827. The van der Waals surface area contributed by atoms with Gasteiger partial charge in [-0.3, -0.25) is 9.59 Å². The number of hydrogen-bond acceptors (Lipinski definition) is 2. The summed E-state index contributed by atoms with van der Waals surface area (Å²) in [5.41, 5.74) is 0.241. The first-order chi connectivity index (χ1) is 8.87. The minimum atomic E-state index is -0.898. The van der Waals surface area contributed by atoms with E-state index in [0.29, 0.717) is 6.42 Å². The number of carbonyl (C=O) groups excluding carboxylic acids is 1. The fraction of sp³-hybridized carbons (Fsp3) is 0.467. The standard InChI is InChI=1S/C15H21NO3/c1-4-12(10-13(17)18)16-14(19)15(2,3)11-8-6-5-7-9-11/h5-9,12H,4,10H2,1-3H3,(H,16,19)(H,17,18). The second-order valence-electron chi connectivity index (χ2n) is 5.17. The third kappa shape index (κ3) is 4.09. The van der Waals surface area contributed by atoms with Crippen molar-refractivity contribution in [3.63, 3.8) is 0 Å². The van der Waals surface area contributed by atoms with Gasteiger partial charge in [0.05, 0.1) is 11.8 Å². The van der Waals surface area contributed by atoms with Crippen molar-refractivity contribution >= 4 is 11.9 Å². The van der Waals surface area contributed by atoms with Crippen molar-refractivity contribution in [1.82, 2.24) is 5.32 Å². The van der Waals surface area contributed by atoms with Gasteiger partial charge in [-0.1, -0.05) is 37.3 Å². The molecule has 104 valence electrons. The molecule has 0 aliphatic carbocycles. The Labute approximate surface area is 113 Å². The van der Waals surface area contributed by atoms with Crippen LogP contribution >= 0.6 is 0 Å². The molecular weight excluding hydrogens is 242 g/mol. The molecule has 1 rings (SSSR count). The molecule has 0 fully saturated rings. The highest BCUT2D eigenvalue weighted by Crippen LogP contribution is 2.23. The molecule has 0 aliphatic rings. The van der Waals surface area contributed by atoms with Crippen LogP contribution in [0.15, 0.2) is 30.3 Å². The molecule has 4 heteroatoms. The van der Waals surface area contributed by atoms with Crippen LogP contribution < -0.4 is 5.32 Å². The molecule has 1 atom stereocenters. The fourth-order valence-electron chi connectivity index (χ4n) is 1.86. The maximum Gasteiger partial charge on any atom is 0.305 e. The van der Waals surface area contributed by atoms with Crippen molar-refractivity contribution in [2.75, 3.05) is 0 Å². The van der Waals surface area contributed by atoms with E-state index in [4.69, 9.17) is 5.11 Å². The number of carboxylic acids is 1. The highest BCUT2D eigenvalue weighted by molar-refractivity contribution is 5.87. The van der Waals surface area contributed by atoms with Gasteiger partial charge in [0.15, 0.2) is 0 Å². The number of aliphatic carboxylic acids is 1. The number of hydrogen-bond donors (Lipinski definition) is 2. The first-order valence-corrected chi connectivity index (χ1v) is 6.46. The molecule has 0 aliphatic heterocycles. The zero-order chi connectivity index (χ0) is 14.5. The number of carboxylic acid groups (broad SMARTS) is 1. The fourth-order valence-corrected chi connectivity index (χ4v) is 1.86. The molecule has 0 bridgehead atoms. The van der Waals surface area contributed by atoms with Crippen LogP contribution in [-0.2, 0) is 15.0 Å². The lowest BCUT2D eigenvalue weighted by molar-refractivity contribution is -0.137. The Hall–Kier alpha value is -1.84. The lowest BCUT2D eigenvalue weighted by Crippen LogP contribution is -2.45. The van der Waals surface area contributed by atoms with Gasteiger partial charge in [0.2, 0.25) is 5.91 Å². The first-order valence-electron chi connectivity index (χ1n) is 6.46. The van der Waals surface area contributed by atoms with Gasteiger partial charge in [-0.25, -0.2) is 0 Å². The summed E-state index contributed by atoms with van der Waals surface area (Å²) in [5.74, 6) is -1.04. The summed E-state index contributed by atoms with van der Waals surface area (Å²) in [6, 6.07) is 9.15. The van der Waals surface area contributed by atoms with Crippen LogP contribution in [0.1, 0.15) is 39.2 Å². The number of amides is 1. The average Bonchev–Trinajstić information content (AvgIpc) is 2.38. The lowest BCUT2D eigenvalue weighted by atomic mass is 9.83. The minimum Gasteiger partial charge on any atom is -0.481 e. The Morgan fingerprint density at radius 2 is 1.84 bits per heavy atom. The van der Waals surface area contributed by atoms with Gasteiger partial charge in [-0.05, 0) is 25.8 Å². The van der Waals surface area contributed by atoms with E-state index in [-0.39, 0.29) is 18.4 Å². The Morgan fingerprint density at radius 1 is 1.26 bits per heavy atom. The molecule has 1 amide bonds. The summed E-state index contributed by atoms with van der Waals surface area (Å²) < 4.78 is 0. The highest BCUT2D eigenvalue weighted by Gasteiger charge is 2.31. The molecular formula is C15H21NO3. The largest absolute Gasteiger partial charge is 0.481 e. The van der Waals surface area contributed by atoms with E-state index in [1.807, 2.05) is 51.1 Å². The third-order valence-corrected chi connectivity index (χ3v) is 3.31. The van der Waals surface area contributed by atoms with Crippen molar-refractivity contribution < 1.29 is 14.7 Å². The Kier molecular flexibility index (Phi) is 5.10. The Balaban J connectivity index is 2.78. The molecule has 0 aromatic heterocycles. The average molecular weight is 263 g/mol. The molecule has 0 heterocycles. The number of benzene rings is 1. The summed E-state index contributed by atoms with van der Waals surface area (Å²) in [5, 5.41) is 11.6. The molecule has 1 aromatic carbocycles. The van der Waals surface area contributed by atoms with Crippen LogP contribution in [0.25, 0.3) is 0 Å². The van der Waals surface area contributed by atoms with Crippen LogP contribution in [0, 0.1) is 0 Å². The van der Waals surface area contributed by atoms with Gasteiger partial charge < -0.3 is 10.4 Å². The number of carbonyl (C=O) groups is 2. The zero-order valence-corrected chi connectivity index (χ0v) is 11.6. The summed E-state index contributed by atoms with van der Waals surface area (Å²) >= 11 is 0. The Bertz CT molecular complexity index is 440. The molecule has 19 heavy (non-hydrogen) atoms. The molecule has 2 N–H and O–H groups in total. The first kappa shape index (κ1) is 15.2. The van der Waals surface area contributed by atoms with Crippen LogP contribution in [0.3, 0.4) is 0 Å². The van der Waals surface area contributed by atoms with E-state index in [0.717, 1.165) is 5.56 Å². The smallest absolute Gasteiger partial charge is 0.305 e. The predicted molar refractivity (Wildman–Crippen MR) is 73.9 cm³/mol. The number of nitrogens with one attached hydrogen (secondary N) is 1. The zero-order valence-electron chi connectivity index (χ0n) is 11.6. The summed E-state index contributed by atoms with van der Waals surface area (Å²) in [7, 11) is 0. The van der Waals surface area contributed by atoms with E-state index >= 15 is 0 Å². The van der Waals surface area contributed by atoms with E-state index in [1.165, 1.54) is 0 Å². The summed E-state index contributed by atoms with van der Waals surface area (Å²) in [4.78, 5) is 23.0. The summed E-state index contributed by atoms with van der Waals surface area (Å²) in [6.07, 6.45) is 0.552. The molecule has 0 saturated heterocycles. The highest BCUT2D eigenvalue weighted by atomic mass is 16.4. The third-order valence-electron chi connectivity index (χ3n) is 3.31. The van der Waals surface area contributed by atoms with Gasteiger partial charge in [-0.15, -0.1) is 0 Å². The van der Waals surface area contributed by atoms with Gasteiger partial charge in [0.25, 0.3) is 0 Å². The second-order valence-corrected chi connectivity index (χ2v) is 5.17. The van der Waals surface area contributed by atoms with Gasteiger partial charge in [0.1, 0.15) is 0 Å². The predicted octanol–water partition coefficient (Wildman–Crippen LogP) is 2.33. The van der Waals surface area contributed by atoms with Crippen LogP contribution in [0.4, 0.5) is 0 Å². The minimum absolute atomic E-state index is 0.0485. The van der Waals surface area contributed by atoms with Gasteiger partial charge in [-0.2, -0.15) is 0 Å². The molecule has 0 spiro atoms. The molecule has 0 radical (unpaired) electrons. The maximum atomic E-state index is 12.3. The molecule has 4 nitrogen and oxygen atoms in total. The number of rotatable bonds is 6. The Morgan fingerprint density at radius 3 is 2.32 bits per heavy atom. The van der Waals surface area contributed by atoms with Gasteiger partial charge in [0, 0.05) is 6.04 Å². The monoisotopic (exact) mass is 263 g/mol. The van der Waals surface area contributed by atoms with E-state index in [9.17, 15) is 9.59 Å². The normalized spacial score (nSPS) is 12.8. The van der Waals surface area contributed by atoms with Crippen LogP contribution in [0.2, 0.25) is 0 Å². The SMILES string of the molecule is CCC(CC(=O)O)NC(=O)C(C)(C)c1ccccc1. The van der Waals surface area contributed by atoms with E-state index in [1.54, 1.807) is 0 Å².